The molecule has 7 nitrogen and oxygen atoms in total. The summed E-state index contributed by atoms with van der Waals surface area (Å²) in [6.45, 7) is 11.7. The summed E-state index contributed by atoms with van der Waals surface area (Å²) < 4.78 is 15.8. The quantitative estimate of drug-likeness (QED) is 0.287. The second kappa shape index (κ2) is 9.80. The van der Waals surface area contributed by atoms with Crippen LogP contribution in [-0.2, 0) is 19.5 Å². The van der Waals surface area contributed by atoms with Crippen LogP contribution in [0.3, 0.4) is 0 Å². The molecule has 29 heavy (non-hydrogen) atoms. The number of amides is 2. The maximum Gasteiger partial charge on any atom is 0.424 e. The third kappa shape index (κ3) is 7.51. The lowest BCUT2D eigenvalue weighted by molar-refractivity contribution is 0.0430. The van der Waals surface area contributed by atoms with E-state index in [1.165, 1.54) is 12.1 Å². The van der Waals surface area contributed by atoms with E-state index in [0.717, 1.165) is 0 Å². The van der Waals surface area contributed by atoms with Crippen molar-refractivity contribution in [3.63, 3.8) is 0 Å². The molecule has 0 aliphatic carbocycles. The Bertz CT molecular complexity index is 754. The predicted octanol–water partition coefficient (Wildman–Crippen LogP) is 6.09. The van der Waals surface area contributed by atoms with Crippen molar-refractivity contribution in [1.29, 1.82) is 0 Å². The van der Waals surface area contributed by atoms with E-state index in [2.05, 4.69) is 15.9 Å². The fourth-order valence-electron chi connectivity index (χ4n) is 2.15. The maximum absolute atomic E-state index is 12.9. The molecule has 0 aliphatic rings. The number of hydrogen-bond acceptors (Lipinski definition) is 6. The van der Waals surface area contributed by atoms with Gasteiger partial charge in [0.05, 0.1) is 17.9 Å². The lowest BCUT2D eigenvalue weighted by atomic mass is 10.1. The highest BCUT2D eigenvalue weighted by Crippen LogP contribution is 2.32. The molecule has 0 saturated carbocycles. The highest BCUT2D eigenvalue weighted by molar-refractivity contribution is 9.08. The molecule has 1 aromatic carbocycles. The third-order valence-corrected chi connectivity index (χ3v) is 4.15. The van der Waals surface area contributed by atoms with Gasteiger partial charge < -0.3 is 14.2 Å². The van der Waals surface area contributed by atoms with Crippen molar-refractivity contribution < 1.29 is 28.6 Å². The van der Waals surface area contributed by atoms with Gasteiger partial charge in [-0.25, -0.2) is 14.4 Å². The van der Waals surface area contributed by atoms with E-state index in [4.69, 9.17) is 25.8 Å². The molecule has 1 rings (SSSR count). The highest BCUT2D eigenvalue weighted by Gasteiger charge is 2.35. The summed E-state index contributed by atoms with van der Waals surface area (Å²) >= 11 is 9.54. The second-order valence-electron chi connectivity index (χ2n) is 8.11. The molecule has 0 aromatic heterocycles. The number of hydrogen-bond donors (Lipinski definition) is 0. The normalized spacial score (nSPS) is 11.6. The van der Waals surface area contributed by atoms with Crippen LogP contribution in [0.4, 0.5) is 15.3 Å². The van der Waals surface area contributed by atoms with Gasteiger partial charge in [-0.15, -0.1) is 0 Å². The summed E-state index contributed by atoms with van der Waals surface area (Å²) in [5.41, 5.74) is -1.30. The first-order chi connectivity index (χ1) is 13.2. The lowest BCUT2D eigenvalue weighted by Gasteiger charge is -2.29. The molecule has 0 spiro atoms. The van der Waals surface area contributed by atoms with Crippen LogP contribution in [0.25, 0.3) is 0 Å². The Morgan fingerprint density at radius 1 is 1.00 bits per heavy atom. The van der Waals surface area contributed by atoms with Crippen LogP contribution < -0.4 is 4.90 Å². The predicted molar refractivity (Wildman–Crippen MR) is 115 cm³/mol. The first kappa shape index (κ1) is 25.2. The molecule has 0 saturated heterocycles. The minimum atomic E-state index is -0.986. The van der Waals surface area contributed by atoms with Crippen molar-refractivity contribution in [2.75, 3.05) is 11.5 Å². The lowest BCUT2D eigenvalue weighted by Crippen LogP contribution is -2.44. The first-order valence-electron chi connectivity index (χ1n) is 9.01. The van der Waals surface area contributed by atoms with Gasteiger partial charge in [-0.2, -0.15) is 4.90 Å². The van der Waals surface area contributed by atoms with E-state index in [1.807, 2.05) is 0 Å². The minimum absolute atomic E-state index is 0.0363. The average Bonchev–Trinajstić information content (AvgIpc) is 2.52. The molecule has 162 valence electrons. The van der Waals surface area contributed by atoms with Crippen LogP contribution in [0.15, 0.2) is 12.1 Å². The Hall–Kier alpha value is -1.80. The zero-order valence-corrected chi connectivity index (χ0v) is 20.1. The van der Waals surface area contributed by atoms with Gasteiger partial charge in [0, 0.05) is 10.4 Å². The van der Waals surface area contributed by atoms with Gasteiger partial charge in [0.25, 0.3) is 0 Å². The molecule has 0 bridgehead atoms. The van der Waals surface area contributed by atoms with Crippen LogP contribution in [0.5, 0.6) is 0 Å². The van der Waals surface area contributed by atoms with Crippen LogP contribution >= 0.6 is 27.5 Å². The fraction of sp³-hybridized carbons (Fsp3) is 0.550. The number of alkyl halides is 1. The first-order valence-corrected chi connectivity index (χ1v) is 10.5. The van der Waals surface area contributed by atoms with Gasteiger partial charge in [0.2, 0.25) is 0 Å². The van der Waals surface area contributed by atoms with Gasteiger partial charge in [-0.05, 0) is 66.2 Å². The van der Waals surface area contributed by atoms with E-state index in [9.17, 15) is 14.4 Å². The Kier molecular flexibility index (Phi) is 8.53. The fourth-order valence-corrected chi connectivity index (χ4v) is 3.01. The molecule has 0 radical (unpaired) electrons. The van der Waals surface area contributed by atoms with Gasteiger partial charge >= 0.3 is 18.2 Å². The average molecular weight is 493 g/mol. The summed E-state index contributed by atoms with van der Waals surface area (Å²) in [6.07, 6.45) is -1.97. The van der Waals surface area contributed by atoms with E-state index in [0.29, 0.717) is 15.8 Å². The Morgan fingerprint density at radius 3 is 1.86 bits per heavy atom. The zero-order chi connectivity index (χ0) is 22.6. The second-order valence-corrected chi connectivity index (χ2v) is 9.08. The van der Waals surface area contributed by atoms with Crippen LogP contribution in [0.1, 0.15) is 64.4 Å². The van der Waals surface area contributed by atoms with Crippen molar-refractivity contribution in [2.24, 2.45) is 0 Å². The number of imide groups is 1. The monoisotopic (exact) mass is 491 g/mol. The van der Waals surface area contributed by atoms with E-state index >= 15 is 0 Å². The highest BCUT2D eigenvalue weighted by atomic mass is 79.9. The number of benzene rings is 1. The van der Waals surface area contributed by atoms with Crippen molar-refractivity contribution in [3.05, 3.63) is 28.3 Å². The van der Waals surface area contributed by atoms with Gasteiger partial charge in [0.1, 0.15) is 11.2 Å². The SMILES string of the molecule is CCOC(=O)c1cc(Cl)c(CBr)cc1N(C(=O)OC(C)(C)C)C(=O)OC(C)(C)C. The van der Waals surface area contributed by atoms with Crippen LogP contribution in [0, 0.1) is 0 Å². The smallest absolute Gasteiger partial charge is 0.424 e. The minimum Gasteiger partial charge on any atom is -0.462 e. The Morgan fingerprint density at radius 2 is 1.48 bits per heavy atom. The molecule has 9 heteroatoms. The van der Waals surface area contributed by atoms with E-state index < -0.39 is 29.4 Å². The summed E-state index contributed by atoms with van der Waals surface area (Å²) in [5.74, 6) is -0.734. The number of halogens is 2. The topological polar surface area (TPSA) is 82.1 Å². The summed E-state index contributed by atoms with van der Waals surface area (Å²) in [6, 6.07) is 2.81. The number of carbonyl (C=O) groups excluding carboxylic acids is 3. The number of rotatable bonds is 4. The molecule has 0 fully saturated rings. The maximum atomic E-state index is 12.9. The zero-order valence-electron chi connectivity index (χ0n) is 17.7. The van der Waals surface area contributed by atoms with Crippen molar-refractivity contribution in [2.45, 2.75) is 65.0 Å². The number of carbonyl (C=O) groups is 3. The molecule has 0 aliphatic heterocycles. The number of anilines is 1. The standard InChI is InChI=1S/C20H27BrClNO6/c1-8-27-16(24)13-10-14(22)12(11-21)9-15(13)23(17(25)28-19(2,3)4)18(26)29-20(5,6)7/h9-10H,8,11H2,1-7H3. The molecule has 0 unspecified atom stereocenters. The summed E-state index contributed by atoms with van der Waals surface area (Å²) in [4.78, 5) is 39.0. The van der Waals surface area contributed by atoms with Crippen molar-refractivity contribution >= 4 is 51.4 Å². The summed E-state index contributed by atoms with van der Waals surface area (Å²) in [7, 11) is 0. The molecular weight excluding hydrogens is 466 g/mol. The van der Waals surface area contributed by atoms with E-state index in [-0.39, 0.29) is 22.9 Å². The number of esters is 1. The number of ether oxygens (including phenoxy) is 3. The molecule has 2 amide bonds. The van der Waals surface area contributed by atoms with Crippen molar-refractivity contribution in [1.82, 2.24) is 0 Å². The van der Waals surface area contributed by atoms with E-state index in [1.54, 1.807) is 48.5 Å². The molecule has 0 atom stereocenters. The van der Waals surface area contributed by atoms with Gasteiger partial charge in [0.15, 0.2) is 0 Å². The van der Waals surface area contributed by atoms with Crippen LogP contribution in [-0.4, -0.2) is 36.0 Å². The van der Waals surface area contributed by atoms with Gasteiger partial charge in [-0.1, -0.05) is 27.5 Å². The third-order valence-electron chi connectivity index (χ3n) is 3.20. The molecule has 0 heterocycles. The summed E-state index contributed by atoms with van der Waals surface area (Å²) in [5, 5.41) is 0.611. The van der Waals surface area contributed by atoms with Crippen molar-refractivity contribution in [3.8, 4) is 0 Å². The largest absolute Gasteiger partial charge is 0.462 e. The Balaban J connectivity index is 3.66. The van der Waals surface area contributed by atoms with Crippen LogP contribution in [0.2, 0.25) is 5.02 Å². The number of nitrogens with zero attached hydrogens (tertiary/aromatic N) is 1. The Labute approximate surface area is 184 Å². The molecular formula is C20H27BrClNO6. The molecule has 0 N–H and O–H groups in total. The van der Waals surface area contributed by atoms with Gasteiger partial charge in [-0.3, -0.25) is 0 Å². The molecule has 1 aromatic rings.